The Labute approximate surface area is 290 Å². The van der Waals surface area contributed by atoms with Crippen LogP contribution >= 0.6 is 0 Å². The molecular formula is C46H31N3O. The molecule has 0 spiro atoms. The number of hydrogen-bond donors (Lipinski definition) is 0. The highest BCUT2D eigenvalue weighted by molar-refractivity contribution is 6.15. The molecule has 0 saturated carbocycles. The highest BCUT2D eigenvalue weighted by Crippen LogP contribution is 2.41. The summed E-state index contributed by atoms with van der Waals surface area (Å²) in [5, 5.41) is 2.00. The maximum Gasteiger partial charge on any atom is 0.164 e. The highest BCUT2D eigenvalue weighted by atomic mass is 16.3. The maximum atomic E-state index is 6.67. The average Bonchev–Trinajstić information content (AvgIpc) is 3.58. The number of para-hydroxylation sites is 1. The van der Waals surface area contributed by atoms with Crippen LogP contribution in [-0.4, -0.2) is 15.0 Å². The van der Waals surface area contributed by atoms with Crippen LogP contribution in [-0.2, 0) is 0 Å². The van der Waals surface area contributed by atoms with Gasteiger partial charge in [0.25, 0.3) is 0 Å². The minimum atomic E-state index is 0.599. The van der Waals surface area contributed by atoms with E-state index in [0.717, 1.165) is 60.9 Å². The molecule has 236 valence electrons. The van der Waals surface area contributed by atoms with E-state index in [9.17, 15) is 0 Å². The molecule has 0 unspecified atom stereocenters. The minimum absolute atomic E-state index is 0.599. The van der Waals surface area contributed by atoms with Crippen molar-refractivity contribution in [2.24, 2.45) is 0 Å². The minimum Gasteiger partial charge on any atom is -0.455 e. The van der Waals surface area contributed by atoms with Crippen LogP contribution in [0.4, 0.5) is 0 Å². The number of aromatic nitrogens is 3. The van der Waals surface area contributed by atoms with Crippen molar-refractivity contribution in [1.29, 1.82) is 0 Å². The molecule has 2 heterocycles. The molecule has 50 heavy (non-hydrogen) atoms. The van der Waals surface area contributed by atoms with E-state index in [1.165, 1.54) is 16.7 Å². The summed E-state index contributed by atoms with van der Waals surface area (Å²) in [6.45, 7) is 2.11. The Bertz CT molecular complexity index is 2640. The van der Waals surface area contributed by atoms with Crippen LogP contribution in [0.25, 0.3) is 89.5 Å². The predicted octanol–water partition coefficient (Wildman–Crippen LogP) is 12.1. The zero-order valence-electron chi connectivity index (χ0n) is 27.4. The number of nitrogens with zero attached hydrogens (tertiary/aromatic N) is 3. The first kappa shape index (κ1) is 29.5. The Kier molecular flexibility index (Phi) is 7.33. The van der Waals surface area contributed by atoms with Gasteiger partial charge in [0.2, 0.25) is 0 Å². The van der Waals surface area contributed by atoms with E-state index in [0.29, 0.717) is 17.5 Å². The van der Waals surface area contributed by atoms with E-state index >= 15 is 0 Å². The van der Waals surface area contributed by atoms with Crippen LogP contribution in [0, 0.1) is 6.92 Å². The number of hydrogen-bond acceptors (Lipinski definition) is 4. The third-order valence-electron chi connectivity index (χ3n) is 9.21. The SMILES string of the molecule is Cc1cccc(-c2ccc(-c3nc(-c4ccccc4)nc(-c4cccc5oc6c(-c7cccc(-c8ccccc8)c7)cccc6c45)n3)cc2)c1. The summed E-state index contributed by atoms with van der Waals surface area (Å²) < 4.78 is 6.67. The molecule has 2 aromatic heterocycles. The lowest BCUT2D eigenvalue weighted by Crippen LogP contribution is -2.00. The summed E-state index contributed by atoms with van der Waals surface area (Å²) in [7, 11) is 0. The van der Waals surface area contributed by atoms with E-state index in [2.05, 4.69) is 128 Å². The van der Waals surface area contributed by atoms with E-state index in [1.807, 2.05) is 48.5 Å². The molecule has 0 saturated heterocycles. The van der Waals surface area contributed by atoms with Crippen molar-refractivity contribution in [3.05, 3.63) is 175 Å². The van der Waals surface area contributed by atoms with Crippen LogP contribution in [0.2, 0.25) is 0 Å². The number of rotatable bonds is 6. The van der Waals surface area contributed by atoms with Gasteiger partial charge in [-0.05, 0) is 46.9 Å². The molecule has 0 radical (unpaired) electrons. The van der Waals surface area contributed by atoms with E-state index < -0.39 is 0 Å². The van der Waals surface area contributed by atoms with Crippen molar-refractivity contribution in [3.8, 4) is 67.5 Å². The Morgan fingerprint density at radius 2 is 0.900 bits per heavy atom. The fourth-order valence-corrected chi connectivity index (χ4v) is 6.74. The van der Waals surface area contributed by atoms with Gasteiger partial charge < -0.3 is 4.42 Å². The summed E-state index contributed by atoms with van der Waals surface area (Å²) in [6.07, 6.45) is 0. The van der Waals surface area contributed by atoms with Gasteiger partial charge in [-0.1, -0.05) is 163 Å². The van der Waals surface area contributed by atoms with Gasteiger partial charge in [-0.25, -0.2) is 15.0 Å². The maximum absolute atomic E-state index is 6.67. The van der Waals surface area contributed by atoms with Crippen LogP contribution < -0.4 is 0 Å². The van der Waals surface area contributed by atoms with Crippen LogP contribution in [0.5, 0.6) is 0 Å². The first-order valence-electron chi connectivity index (χ1n) is 16.8. The fourth-order valence-electron chi connectivity index (χ4n) is 6.74. The van der Waals surface area contributed by atoms with Crippen molar-refractivity contribution in [3.63, 3.8) is 0 Å². The van der Waals surface area contributed by atoms with Gasteiger partial charge >= 0.3 is 0 Å². The van der Waals surface area contributed by atoms with Crippen molar-refractivity contribution in [2.75, 3.05) is 0 Å². The van der Waals surface area contributed by atoms with Crippen LogP contribution in [0.1, 0.15) is 5.56 Å². The highest BCUT2D eigenvalue weighted by Gasteiger charge is 2.19. The number of fused-ring (bicyclic) bond motifs is 3. The van der Waals surface area contributed by atoms with E-state index in [4.69, 9.17) is 19.4 Å². The van der Waals surface area contributed by atoms with Crippen molar-refractivity contribution in [2.45, 2.75) is 6.92 Å². The molecule has 9 rings (SSSR count). The van der Waals surface area contributed by atoms with Gasteiger partial charge in [0.15, 0.2) is 17.5 Å². The van der Waals surface area contributed by atoms with Gasteiger partial charge in [0.1, 0.15) is 11.2 Å². The monoisotopic (exact) mass is 641 g/mol. The van der Waals surface area contributed by atoms with E-state index in [1.54, 1.807) is 0 Å². The smallest absolute Gasteiger partial charge is 0.164 e. The van der Waals surface area contributed by atoms with Gasteiger partial charge in [-0.3, -0.25) is 0 Å². The normalized spacial score (nSPS) is 11.3. The number of aryl methyl sites for hydroxylation is 1. The van der Waals surface area contributed by atoms with Crippen molar-refractivity contribution < 1.29 is 4.42 Å². The van der Waals surface area contributed by atoms with Gasteiger partial charge in [-0.15, -0.1) is 0 Å². The topological polar surface area (TPSA) is 51.8 Å². The van der Waals surface area contributed by atoms with E-state index in [-0.39, 0.29) is 0 Å². The molecule has 4 heteroatoms. The summed E-state index contributed by atoms with van der Waals surface area (Å²) in [5.74, 6) is 1.84. The van der Waals surface area contributed by atoms with Crippen molar-refractivity contribution >= 4 is 21.9 Å². The zero-order valence-corrected chi connectivity index (χ0v) is 27.4. The summed E-state index contributed by atoms with van der Waals surface area (Å²) >= 11 is 0. The molecule has 7 aromatic carbocycles. The number of benzene rings is 7. The average molecular weight is 642 g/mol. The van der Waals surface area contributed by atoms with Crippen molar-refractivity contribution in [1.82, 2.24) is 15.0 Å². The lowest BCUT2D eigenvalue weighted by atomic mass is 9.97. The quantitative estimate of drug-likeness (QED) is 0.181. The molecular weight excluding hydrogens is 611 g/mol. The zero-order chi connectivity index (χ0) is 33.4. The summed E-state index contributed by atoms with van der Waals surface area (Å²) in [5.41, 5.74) is 12.4. The molecule has 0 aliphatic carbocycles. The Morgan fingerprint density at radius 1 is 0.380 bits per heavy atom. The number of furan rings is 1. The van der Waals surface area contributed by atoms with Crippen LogP contribution in [0.15, 0.2) is 174 Å². The Morgan fingerprint density at radius 3 is 1.64 bits per heavy atom. The molecule has 0 fully saturated rings. The molecule has 0 bridgehead atoms. The molecule has 0 aliphatic rings. The molecule has 0 atom stereocenters. The van der Waals surface area contributed by atoms with Crippen LogP contribution in [0.3, 0.4) is 0 Å². The summed E-state index contributed by atoms with van der Waals surface area (Å²) in [6, 6.07) is 58.6. The third-order valence-corrected chi connectivity index (χ3v) is 9.21. The Hall–Kier alpha value is -6.65. The van der Waals surface area contributed by atoms with Gasteiger partial charge in [-0.2, -0.15) is 0 Å². The second-order valence-electron chi connectivity index (χ2n) is 12.5. The largest absolute Gasteiger partial charge is 0.455 e. The fraction of sp³-hybridized carbons (Fsp3) is 0.0217. The predicted molar refractivity (Wildman–Crippen MR) is 204 cm³/mol. The Balaban J connectivity index is 1.20. The lowest BCUT2D eigenvalue weighted by molar-refractivity contribution is 0.670. The molecule has 0 amide bonds. The standard InChI is InChI=1S/C46H31N3O/c1-30-12-8-17-35(28-30)32-24-26-34(27-25-32)45-47-44(33-15-6-3-7-16-33)48-46(49-45)40-22-11-23-41-42(40)39-21-10-20-38(43(39)50-41)37-19-9-18-36(29-37)31-13-4-2-5-14-31/h2-29H,1H3. The third kappa shape index (κ3) is 5.43. The molecule has 0 N–H and O–H groups in total. The second kappa shape index (κ2) is 12.4. The van der Waals surface area contributed by atoms with Gasteiger partial charge in [0.05, 0.1) is 0 Å². The molecule has 9 aromatic rings. The lowest BCUT2D eigenvalue weighted by Gasteiger charge is -2.10. The molecule has 0 aliphatic heterocycles. The second-order valence-corrected chi connectivity index (χ2v) is 12.5. The first-order chi connectivity index (χ1) is 24.7. The first-order valence-corrected chi connectivity index (χ1v) is 16.8. The molecule has 4 nitrogen and oxygen atoms in total. The summed E-state index contributed by atoms with van der Waals surface area (Å²) in [4.78, 5) is 15.2. The van der Waals surface area contributed by atoms with Gasteiger partial charge in [0, 0.05) is 33.0 Å².